The number of halogens is 1. The summed E-state index contributed by atoms with van der Waals surface area (Å²) in [4.78, 5) is 9.06. The summed E-state index contributed by atoms with van der Waals surface area (Å²) in [6.45, 7) is 5.70. The van der Waals surface area contributed by atoms with Crippen molar-refractivity contribution in [2.45, 2.75) is 37.1 Å². The molecular weight excluding hydrogens is 504 g/mol. The van der Waals surface area contributed by atoms with Crippen LogP contribution in [0.15, 0.2) is 64.0 Å². The number of aliphatic hydroxyl groups excluding tert-OH is 1. The van der Waals surface area contributed by atoms with Gasteiger partial charge in [0.1, 0.15) is 5.82 Å². The number of benzene rings is 2. The number of aromatic nitrogens is 4. The lowest BCUT2D eigenvalue weighted by Gasteiger charge is -2.19. The fraction of sp³-hybridized carbons (Fsp3) is 0.250. The summed E-state index contributed by atoms with van der Waals surface area (Å²) < 4.78 is 26.6. The number of nitrogens with zero attached hydrogens (tertiary/aromatic N) is 4. The molecule has 2 aromatic carbocycles. The molecule has 0 saturated carbocycles. The Morgan fingerprint density at radius 1 is 1.14 bits per heavy atom. The summed E-state index contributed by atoms with van der Waals surface area (Å²) >= 11 is 3.92. The van der Waals surface area contributed by atoms with Gasteiger partial charge in [-0.15, -0.1) is 10.2 Å². The zero-order chi connectivity index (χ0) is 25.9. The standard InChI is InChI=1S/C24H25ClN6O4S/c1-24(2,3)22-31-30-21(35-22)16-12-26-23(27-15-9-10-19(36(33)34)17(25)11-15)29-20(16)28-18(13-32)14-7-5-4-6-8-14/h4-12,18,32H,13H2,1-3H3,(H,33,34)(H2,26,27,28,29)/t18-/m1/s1. The van der Waals surface area contributed by atoms with Crippen LogP contribution in [0.4, 0.5) is 17.5 Å². The van der Waals surface area contributed by atoms with Crippen molar-refractivity contribution in [1.82, 2.24) is 20.2 Å². The van der Waals surface area contributed by atoms with E-state index in [-0.39, 0.29) is 33.8 Å². The number of nitrogens with one attached hydrogen (secondary N) is 2. The monoisotopic (exact) mass is 528 g/mol. The molecule has 12 heteroatoms. The zero-order valence-corrected chi connectivity index (χ0v) is 21.3. The maximum Gasteiger partial charge on any atom is 0.253 e. The van der Waals surface area contributed by atoms with Crippen LogP contribution in [0.25, 0.3) is 11.5 Å². The van der Waals surface area contributed by atoms with Gasteiger partial charge in [-0.05, 0) is 23.8 Å². The molecule has 0 spiro atoms. The van der Waals surface area contributed by atoms with Crippen molar-refractivity contribution < 1.29 is 18.3 Å². The summed E-state index contributed by atoms with van der Waals surface area (Å²) in [6.07, 6.45) is 1.54. The third-order valence-electron chi connectivity index (χ3n) is 5.16. The van der Waals surface area contributed by atoms with E-state index in [4.69, 9.17) is 16.0 Å². The summed E-state index contributed by atoms with van der Waals surface area (Å²) in [5.41, 5.74) is 1.49. The van der Waals surface area contributed by atoms with E-state index in [1.54, 1.807) is 6.07 Å². The molecule has 2 heterocycles. The lowest BCUT2D eigenvalue weighted by Crippen LogP contribution is -2.17. The van der Waals surface area contributed by atoms with Crippen LogP contribution in [0.1, 0.15) is 38.3 Å². The molecule has 36 heavy (non-hydrogen) atoms. The van der Waals surface area contributed by atoms with Crippen molar-refractivity contribution in [1.29, 1.82) is 0 Å². The molecule has 0 bridgehead atoms. The van der Waals surface area contributed by atoms with E-state index < -0.39 is 17.1 Å². The van der Waals surface area contributed by atoms with Crippen molar-refractivity contribution in [2.24, 2.45) is 0 Å². The Morgan fingerprint density at radius 2 is 1.89 bits per heavy atom. The maximum absolute atomic E-state index is 11.4. The largest absolute Gasteiger partial charge is 0.420 e. The van der Waals surface area contributed by atoms with Gasteiger partial charge in [-0.25, -0.2) is 9.19 Å². The van der Waals surface area contributed by atoms with Crippen molar-refractivity contribution >= 4 is 40.1 Å². The van der Waals surface area contributed by atoms with Crippen LogP contribution in [-0.2, 0) is 16.5 Å². The predicted octanol–water partition coefficient (Wildman–Crippen LogP) is 4.95. The lowest BCUT2D eigenvalue weighted by molar-refractivity contribution is 0.276. The quantitative estimate of drug-likeness (QED) is 0.232. The number of anilines is 3. The molecule has 0 aliphatic heterocycles. The van der Waals surface area contributed by atoms with Crippen LogP contribution >= 0.6 is 11.6 Å². The van der Waals surface area contributed by atoms with E-state index in [2.05, 4.69) is 30.8 Å². The number of hydrogen-bond acceptors (Lipinski definition) is 9. The van der Waals surface area contributed by atoms with Gasteiger partial charge in [0.25, 0.3) is 5.89 Å². The molecule has 0 aliphatic rings. The van der Waals surface area contributed by atoms with Crippen LogP contribution in [0.3, 0.4) is 0 Å². The van der Waals surface area contributed by atoms with Crippen molar-refractivity contribution in [3.05, 3.63) is 71.2 Å². The summed E-state index contributed by atoms with van der Waals surface area (Å²) in [5.74, 6) is 1.27. The van der Waals surface area contributed by atoms with Crippen LogP contribution in [0.5, 0.6) is 0 Å². The third-order valence-corrected chi connectivity index (χ3v) is 6.31. The number of rotatable bonds is 8. The fourth-order valence-corrected chi connectivity index (χ4v) is 4.07. The third kappa shape index (κ3) is 5.88. The predicted molar refractivity (Wildman–Crippen MR) is 138 cm³/mol. The highest BCUT2D eigenvalue weighted by molar-refractivity contribution is 7.79. The van der Waals surface area contributed by atoms with Crippen molar-refractivity contribution in [2.75, 3.05) is 17.2 Å². The Kier molecular flexibility index (Phi) is 7.65. The highest BCUT2D eigenvalue weighted by atomic mass is 35.5. The zero-order valence-electron chi connectivity index (χ0n) is 19.8. The minimum Gasteiger partial charge on any atom is -0.420 e. The van der Waals surface area contributed by atoms with Gasteiger partial charge in [0, 0.05) is 17.3 Å². The Labute approximate surface area is 215 Å². The normalized spacial score (nSPS) is 13.3. The summed E-state index contributed by atoms with van der Waals surface area (Å²) in [5, 5.41) is 24.8. The first-order chi connectivity index (χ1) is 17.2. The van der Waals surface area contributed by atoms with Gasteiger partial charge in [0.05, 0.1) is 28.1 Å². The molecular formula is C24H25ClN6O4S. The van der Waals surface area contributed by atoms with E-state index >= 15 is 0 Å². The second-order valence-corrected chi connectivity index (χ2v) is 10.3. The molecule has 10 nitrogen and oxygen atoms in total. The molecule has 2 atom stereocenters. The highest BCUT2D eigenvalue weighted by Crippen LogP contribution is 2.32. The molecule has 0 amide bonds. The first-order valence-electron chi connectivity index (χ1n) is 11.0. The average molecular weight is 529 g/mol. The lowest BCUT2D eigenvalue weighted by atomic mass is 9.97. The Morgan fingerprint density at radius 3 is 2.50 bits per heavy atom. The van der Waals surface area contributed by atoms with Crippen molar-refractivity contribution in [3.63, 3.8) is 0 Å². The smallest absolute Gasteiger partial charge is 0.253 e. The molecule has 4 rings (SSSR count). The molecule has 0 radical (unpaired) electrons. The summed E-state index contributed by atoms with van der Waals surface area (Å²) in [7, 11) is 0. The van der Waals surface area contributed by atoms with E-state index in [0.717, 1.165) is 5.56 Å². The fourth-order valence-electron chi connectivity index (χ4n) is 3.28. The van der Waals surface area contributed by atoms with E-state index in [0.29, 0.717) is 23.0 Å². The van der Waals surface area contributed by atoms with Gasteiger partial charge < -0.3 is 24.7 Å². The van der Waals surface area contributed by atoms with E-state index in [1.807, 2.05) is 51.1 Å². The average Bonchev–Trinajstić information content (AvgIpc) is 3.34. The SMILES string of the molecule is CC(C)(C)c1nnc(-c2cnc(Nc3ccc(S(=O)O)c(Cl)c3)nc2N[C@H](CO)c2ccccc2)o1. The second kappa shape index (κ2) is 10.7. The van der Waals surface area contributed by atoms with E-state index in [1.165, 1.54) is 18.3 Å². The molecule has 0 aliphatic carbocycles. The minimum atomic E-state index is -2.20. The van der Waals surface area contributed by atoms with Gasteiger partial charge in [-0.3, -0.25) is 0 Å². The topological polar surface area (TPSA) is 146 Å². The van der Waals surface area contributed by atoms with Gasteiger partial charge in [-0.1, -0.05) is 62.7 Å². The van der Waals surface area contributed by atoms with Gasteiger partial charge in [0.2, 0.25) is 11.8 Å². The Bertz CT molecular complexity index is 1380. The molecule has 1 unspecified atom stereocenters. The van der Waals surface area contributed by atoms with Crippen LogP contribution in [0.2, 0.25) is 5.02 Å². The van der Waals surface area contributed by atoms with Gasteiger partial charge in [0.15, 0.2) is 11.1 Å². The molecule has 2 aromatic heterocycles. The first-order valence-corrected chi connectivity index (χ1v) is 12.5. The van der Waals surface area contributed by atoms with Gasteiger partial charge in [-0.2, -0.15) is 4.98 Å². The number of hydrogen-bond donors (Lipinski definition) is 4. The number of aliphatic hydroxyl groups is 1. The molecule has 0 fully saturated rings. The molecule has 0 saturated heterocycles. The molecule has 4 aromatic rings. The molecule has 188 valence electrons. The van der Waals surface area contributed by atoms with Crippen LogP contribution in [-0.4, -0.2) is 40.6 Å². The van der Waals surface area contributed by atoms with E-state index in [9.17, 15) is 13.9 Å². The first kappa shape index (κ1) is 25.7. The van der Waals surface area contributed by atoms with Gasteiger partial charge >= 0.3 is 0 Å². The highest BCUT2D eigenvalue weighted by Gasteiger charge is 2.24. The molecule has 4 N–H and O–H groups in total. The maximum atomic E-state index is 11.4. The summed E-state index contributed by atoms with van der Waals surface area (Å²) in [6, 6.07) is 13.5. The van der Waals surface area contributed by atoms with Crippen molar-refractivity contribution in [3.8, 4) is 11.5 Å². The van der Waals surface area contributed by atoms with Crippen LogP contribution in [0, 0.1) is 0 Å². The van der Waals surface area contributed by atoms with Crippen LogP contribution < -0.4 is 10.6 Å². The Hall–Kier alpha value is -3.38. The Balaban J connectivity index is 1.72. The minimum absolute atomic E-state index is 0.0977. The second-order valence-electron chi connectivity index (χ2n) is 8.93.